The van der Waals surface area contributed by atoms with E-state index in [1.807, 2.05) is 12.2 Å². The van der Waals surface area contributed by atoms with E-state index in [0.717, 1.165) is 25.0 Å². The van der Waals surface area contributed by atoms with Gasteiger partial charge in [0.05, 0.1) is 12.1 Å². The number of hydrogen-bond acceptors (Lipinski definition) is 4. The van der Waals surface area contributed by atoms with Crippen molar-refractivity contribution < 1.29 is 4.79 Å². The second-order valence-electron chi connectivity index (χ2n) is 7.46. The van der Waals surface area contributed by atoms with Crippen LogP contribution in [0.3, 0.4) is 0 Å². The maximum atomic E-state index is 13.3. The van der Waals surface area contributed by atoms with Gasteiger partial charge in [0.2, 0.25) is 0 Å². The van der Waals surface area contributed by atoms with Crippen molar-refractivity contribution in [2.75, 3.05) is 20.6 Å². The summed E-state index contributed by atoms with van der Waals surface area (Å²) in [6, 6.07) is 0.491. The zero-order valence-electron chi connectivity index (χ0n) is 15.2. The molecule has 0 aromatic rings. The van der Waals surface area contributed by atoms with Crippen LogP contribution in [0.15, 0.2) is 47.9 Å². The van der Waals surface area contributed by atoms with E-state index in [1.165, 1.54) is 25.0 Å². The molecular formula is C20H28N4O. The summed E-state index contributed by atoms with van der Waals surface area (Å²) in [7, 11) is 4.15. The smallest absolute Gasteiger partial charge is 0.266 e. The average molecular weight is 340 g/mol. The number of nitrogens with zero attached hydrogens (tertiary/aromatic N) is 3. The first-order chi connectivity index (χ1) is 12.2. The highest BCUT2D eigenvalue weighted by Gasteiger charge is 2.48. The van der Waals surface area contributed by atoms with E-state index in [-0.39, 0.29) is 18.0 Å². The Labute approximate surface area is 150 Å². The predicted octanol–water partition coefficient (Wildman–Crippen LogP) is 2.17. The van der Waals surface area contributed by atoms with Gasteiger partial charge < -0.3 is 10.2 Å². The number of fused-ring (bicyclic) bond motifs is 1. The molecule has 0 aromatic carbocycles. The van der Waals surface area contributed by atoms with Gasteiger partial charge in [-0.25, -0.2) is 5.01 Å². The molecule has 0 spiro atoms. The molecule has 134 valence electrons. The number of nitrogens with one attached hydrogen (secondary N) is 1. The van der Waals surface area contributed by atoms with Crippen LogP contribution in [0.25, 0.3) is 0 Å². The first-order valence-electron chi connectivity index (χ1n) is 9.45. The SMILES string of the molecule is CN1C=CC=C2C(=O)N(C3CCCCC3)N(C)C(C3=CC=CCN3)C21. The summed E-state index contributed by atoms with van der Waals surface area (Å²) in [6.45, 7) is 0.846. The number of carbonyl (C=O) groups excluding carboxylic acids is 1. The second-order valence-corrected chi connectivity index (χ2v) is 7.46. The Morgan fingerprint density at radius 1 is 1.04 bits per heavy atom. The Kier molecular flexibility index (Phi) is 4.42. The Balaban J connectivity index is 1.74. The topological polar surface area (TPSA) is 38.8 Å². The molecule has 2 fully saturated rings. The van der Waals surface area contributed by atoms with Crippen LogP contribution in [-0.4, -0.2) is 59.6 Å². The lowest BCUT2D eigenvalue weighted by molar-refractivity contribution is -0.163. The largest absolute Gasteiger partial charge is 0.383 e. The monoisotopic (exact) mass is 340 g/mol. The lowest BCUT2D eigenvalue weighted by Crippen LogP contribution is -2.67. The molecule has 2 unspecified atom stereocenters. The number of carbonyl (C=O) groups is 1. The fraction of sp³-hybridized carbons (Fsp3) is 0.550. The van der Waals surface area contributed by atoms with Gasteiger partial charge in [-0.15, -0.1) is 0 Å². The molecule has 4 aliphatic rings. The highest BCUT2D eigenvalue weighted by molar-refractivity contribution is 5.96. The number of allylic oxidation sites excluding steroid dienone is 4. The molecule has 3 heterocycles. The third-order valence-corrected chi connectivity index (χ3v) is 5.93. The number of dihydropyridines is 1. The highest BCUT2D eigenvalue weighted by Crippen LogP contribution is 2.36. The van der Waals surface area contributed by atoms with Crippen LogP contribution in [-0.2, 0) is 4.79 Å². The minimum atomic E-state index is 0.0487. The fourth-order valence-electron chi connectivity index (χ4n) is 4.70. The van der Waals surface area contributed by atoms with Gasteiger partial charge in [0.15, 0.2) is 0 Å². The van der Waals surface area contributed by atoms with Gasteiger partial charge in [0.1, 0.15) is 0 Å². The summed E-state index contributed by atoms with van der Waals surface area (Å²) in [5, 5.41) is 7.79. The van der Waals surface area contributed by atoms with Gasteiger partial charge in [-0.05, 0) is 37.3 Å². The molecule has 5 heteroatoms. The minimum absolute atomic E-state index is 0.0487. The Morgan fingerprint density at radius 2 is 1.84 bits per heavy atom. The predicted molar refractivity (Wildman–Crippen MR) is 99.3 cm³/mol. The van der Waals surface area contributed by atoms with Crippen molar-refractivity contribution in [3.8, 4) is 0 Å². The molecule has 1 saturated carbocycles. The molecule has 1 N–H and O–H groups in total. The van der Waals surface area contributed by atoms with Crippen LogP contribution < -0.4 is 5.32 Å². The van der Waals surface area contributed by atoms with E-state index >= 15 is 0 Å². The molecule has 1 aliphatic carbocycles. The van der Waals surface area contributed by atoms with Crippen molar-refractivity contribution >= 4 is 5.91 Å². The van der Waals surface area contributed by atoms with E-state index in [2.05, 4.69) is 58.8 Å². The zero-order chi connectivity index (χ0) is 17.4. The Bertz CT molecular complexity index is 657. The number of likely N-dealkylation sites (N-methyl/N-ethyl adjacent to an activating group) is 2. The van der Waals surface area contributed by atoms with Crippen LogP contribution >= 0.6 is 0 Å². The van der Waals surface area contributed by atoms with Crippen molar-refractivity contribution in [1.29, 1.82) is 0 Å². The van der Waals surface area contributed by atoms with Crippen LogP contribution in [0.2, 0.25) is 0 Å². The third kappa shape index (κ3) is 2.80. The van der Waals surface area contributed by atoms with Crippen molar-refractivity contribution in [2.45, 2.75) is 50.2 Å². The van der Waals surface area contributed by atoms with E-state index in [4.69, 9.17) is 0 Å². The van der Waals surface area contributed by atoms with Crippen molar-refractivity contribution in [2.24, 2.45) is 0 Å². The molecule has 25 heavy (non-hydrogen) atoms. The van der Waals surface area contributed by atoms with Gasteiger partial charge in [-0.1, -0.05) is 31.4 Å². The lowest BCUT2D eigenvalue weighted by atomic mass is 9.87. The van der Waals surface area contributed by atoms with Gasteiger partial charge in [0, 0.05) is 38.0 Å². The zero-order valence-corrected chi connectivity index (χ0v) is 15.2. The molecule has 2 atom stereocenters. The van der Waals surface area contributed by atoms with Gasteiger partial charge >= 0.3 is 0 Å². The summed E-state index contributed by atoms with van der Waals surface area (Å²) in [6.07, 6.45) is 18.4. The van der Waals surface area contributed by atoms with Gasteiger partial charge in [-0.3, -0.25) is 9.80 Å². The normalized spacial score (nSPS) is 30.7. The number of hydrazine groups is 1. The summed E-state index contributed by atoms with van der Waals surface area (Å²) in [5.74, 6) is 0.179. The van der Waals surface area contributed by atoms with Crippen molar-refractivity contribution in [3.63, 3.8) is 0 Å². The molecule has 1 saturated heterocycles. The number of rotatable bonds is 2. The van der Waals surface area contributed by atoms with E-state index in [1.54, 1.807) is 0 Å². The lowest BCUT2D eigenvalue weighted by Gasteiger charge is -2.53. The summed E-state index contributed by atoms with van der Waals surface area (Å²) in [4.78, 5) is 15.5. The Hall–Kier alpha value is -2.01. The molecule has 0 radical (unpaired) electrons. The van der Waals surface area contributed by atoms with Crippen molar-refractivity contribution in [1.82, 2.24) is 20.2 Å². The molecule has 3 aliphatic heterocycles. The third-order valence-electron chi connectivity index (χ3n) is 5.93. The highest BCUT2D eigenvalue weighted by atomic mass is 16.2. The maximum absolute atomic E-state index is 13.3. The van der Waals surface area contributed by atoms with Crippen LogP contribution in [0.1, 0.15) is 32.1 Å². The van der Waals surface area contributed by atoms with Gasteiger partial charge in [-0.2, -0.15) is 0 Å². The van der Waals surface area contributed by atoms with Crippen LogP contribution in [0.4, 0.5) is 0 Å². The molecular weight excluding hydrogens is 312 g/mol. The summed E-state index contributed by atoms with van der Waals surface area (Å²) in [5.41, 5.74) is 2.10. The minimum Gasteiger partial charge on any atom is -0.383 e. The maximum Gasteiger partial charge on any atom is 0.266 e. The molecule has 5 nitrogen and oxygen atoms in total. The molecule has 0 aromatic heterocycles. The second kappa shape index (κ2) is 6.71. The first kappa shape index (κ1) is 16.5. The molecule has 0 bridgehead atoms. The van der Waals surface area contributed by atoms with Crippen LogP contribution in [0, 0.1) is 0 Å². The van der Waals surface area contributed by atoms with Crippen molar-refractivity contribution in [3.05, 3.63) is 47.9 Å². The molecule has 1 amide bonds. The van der Waals surface area contributed by atoms with Crippen LogP contribution in [0.5, 0.6) is 0 Å². The average Bonchev–Trinajstić information content (AvgIpc) is 2.64. The summed E-state index contributed by atoms with van der Waals surface area (Å²) >= 11 is 0. The number of amides is 1. The van der Waals surface area contributed by atoms with E-state index in [9.17, 15) is 4.79 Å². The fourth-order valence-corrected chi connectivity index (χ4v) is 4.70. The Morgan fingerprint density at radius 3 is 2.56 bits per heavy atom. The standard InChI is InChI=1S/C20H28N4O/c1-22-14-8-11-16-18(22)19(17-12-6-7-13-21-17)23(2)24(20(16)25)15-9-4-3-5-10-15/h6-8,11-12,14-15,18-19,21H,3-5,9-10,13H2,1-2H3. The first-order valence-corrected chi connectivity index (χ1v) is 9.45. The quantitative estimate of drug-likeness (QED) is 0.836. The summed E-state index contributed by atoms with van der Waals surface area (Å²) < 4.78 is 0. The molecule has 4 rings (SSSR count). The van der Waals surface area contributed by atoms with Gasteiger partial charge in [0.25, 0.3) is 5.91 Å². The van der Waals surface area contributed by atoms with E-state index in [0.29, 0.717) is 6.04 Å². The van der Waals surface area contributed by atoms with E-state index < -0.39 is 0 Å². The number of hydrogen-bond donors (Lipinski definition) is 1.